The normalized spacial score (nSPS) is 14.9. The molecule has 0 saturated heterocycles. The van der Waals surface area contributed by atoms with Crippen LogP contribution in [-0.4, -0.2) is 13.2 Å². The van der Waals surface area contributed by atoms with E-state index in [1.54, 1.807) is 0 Å². The summed E-state index contributed by atoms with van der Waals surface area (Å²) in [4.78, 5) is 0. The molecular formula is C14H20ClNO. The molecule has 2 N–H and O–H groups in total. The van der Waals surface area contributed by atoms with Crippen molar-refractivity contribution in [3.05, 3.63) is 28.8 Å². The van der Waals surface area contributed by atoms with Crippen molar-refractivity contribution in [2.75, 3.05) is 13.2 Å². The van der Waals surface area contributed by atoms with Crippen LogP contribution >= 0.6 is 11.6 Å². The smallest absolute Gasteiger partial charge is 0.121 e. The molecule has 1 aromatic rings. The third-order valence-electron chi connectivity index (χ3n) is 3.03. The zero-order valence-corrected chi connectivity index (χ0v) is 10.9. The van der Waals surface area contributed by atoms with Crippen LogP contribution in [0.15, 0.2) is 18.2 Å². The van der Waals surface area contributed by atoms with Crippen LogP contribution < -0.4 is 10.5 Å². The molecule has 94 valence electrons. The van der Waals surface area contributed by atoms with Gasteiger partial charge in [0.25, 0.3) is 0 Å². The summed E-state index contributed by atoms with van der Waals surface area (Å²) in [5, 5.41) is 0.765. The zero-order valence-electron chi connectivity index (χ0n) is 10.1. The highest BCUT2D eigenvalue weighted by atomic mass is 35.5. The van der Waals surface area contributed by atoms with Gasteiger partial charge in [0.05, 0.1) is 6.61 Å². The van der Waals surface area contributed by atoms with Gasteiger partial charge in [0.2, 0.25) is 0 Å². The maximum atomic E-state index is 6.09. The summed E-state index contributed by atoms with van der Waals surface area (Å²) in [6, 6.07) is 6.02. The lowest BCUT2D eigenvalue weighted by atomic mass is 10.1. The number of halogens is 1. The highest BCUT2D eigenvalue weighted by Gasteiger charge is 2.21. The predicted molar refractivity (Wildman–Crippen MR) is 71.7 cm³/mol. The molecule has 2 nitrogen and oxygen atoms in total. The third kappa shape index (κ3) is 4.57. The highest BCUT2D eigenvalue weighted by molar-refractivity contribution is 6.30. The Morgan fingerprint density at radius 1 is 1.24 bits per heavy atom. The van der Waals surface area contributed by atoms with Crippen LogP contribution in [0, 0.1) is 5.92 Å². The van der Waals surface area contributed by atoms with Gasteiger partial charge < -0.3 is 10.5 Å². The van der Waals surface area contributed by atoms with Gasteiger partial charge in [-0.1, -0.05) is 11.6 Å². The molecule has 3 heteroatoms. The molecule has 1 aliphatic carbocycles. The van der Waals surface area contributed by atoms with Gasteiger partial charge >= 0.3 is 0 Å². The van der Waals surface area contributed by atoms with Crippen LogP contribution in [-0.2, 0) is 6.42 Å². The minimum absolute atomic E-state index is 0.756. The molecule has 17 heavy (non-hydrogen) atoms. The second-order valence-electron chi connectivity index (χ2n) is 4.80. The maximum absolute atomic E-state index is 6.09. The van der Waals surface area contributed by atoms with E-state index in [4.69, 9.17) is 22.1 Å². The molecule has 0 aliphatic heterocycles. The van der Waals surface area contributed by atoms with Gasteiger partial charge in [-0.05, 0) is 68.3 Å². The molecule has 0 radical (unpaired) electrons. The summed E-state index contributed by atoms with van der Waals surface area (Å²) < 4.78 is 5.75. The third-order valence-corrected chi connectivity index (χ3v) is 3.25. The van der Waals surface area contributed by atoms with Crippen LogP contribution in [0.25, 0.3) is 0 Å². The van der Waals surface area contributed by atoms with Crippen LogP contribution in [0.2, 0.25) is 5.02 Å². The van der Waals surface area contributed by atoms with Crippen molar-refractivity contribution >= 4 is 11.6 Å². The Hall–Kier alpha value is -0.730. The van der Waals surface area contributed by atoms with Gasteiger partial charge in [-0.3, -0.25) is 0 Å². The van der Waals surface area contributed by atoms with Crippen molar-refractivity contribution < 1.29 is 4.74 Å². The van der Waals surface area contributed by atoms with Crippen molar-refractivity contribution in [1.29, 1.82) is 0 Å². The summed E-state index contributed by atoms with van der Waals surface area (Å²) in [5.74, 6) is 1.68. The fraction of sp³-hybridized carbons (Fsp3) is 0.571. The first-order valence-corrected chi connectivity index (χ1v) is 6.78. The SMILES string of the molecule is NCCCCc1cc(Cl)cc(OCC2CC2)c1. The Morgan fingerprint density at radius 2 is 2.06 bits per heavy atom. The number of rotatable bonds is 7. The van der Waals surface area contributed by atoms with Crippen molar-refractivity contribution in [1.82, 2.24) is 0 Å². The van der Waals surface area contributed by atoms with E-state index in [9.17, 15) is 0 Å². The van der Waals surface area contributed by atoms with Crippen LogP contribution in [0.5, 0.6) is 5.75 Å². The lowest BCUT2D eigenvalue weighted by Crippen LogP contribution is -2.01. The summed E-state index contributed by atoms with van der Waals surface area (Å²) >= 11 is 6.09. The van der Waals surface area contributed by atoms with Gasteiger partial charge in [-0.15, -0.1) is 0 Å². The van der Waals surface area contributed by atoms with Crippen molar-refractivity contribution in [2.24, 2.45) is 11.7 Å². The molecule has 0 unspecified atom stereocenters. The van der Waals surface area contributed by atoms with E-state index in [0.29, 0.717) is 0 Å². The molecule has 1 fully saturated rings. The zero-order chi connectivity index (χ0) is 12.1. The first-order valence-electron chi connectivity index (χ1n) is 6.40. The number of nitrogens with two attached hydrogens (primary N) is 1. The number of ether oxygens (including phenoxy) is 1. The molecule has 0 heterocycles. The lowest BCUT2D eigenvalue weighted by molar-refractivity contribution is 0.299. The van der Waals surface area contributed by atoms with E-state index in [1.165, 1.54) is 18.4 Å². The summed E-state index contributed by atoms with van der Waals surface area (Å²) in [6.07, 6.45) is 5.81. The fourth-order valence-electron chi connectivity index (χ4n) is 1.82. The molecule has 0 atom stereocenters. The van der Waals surface area contributed by atoms with Gasteiger partial charge in [0.15, 0.2) is 0 Å². The van der Waals surface area contributed by atoms with Crippen molar-refractivity contribution in [3.63, 3.8) is 0 Å². The fourth-order valence-corrected chi connectivity index (χ4v) is 2.07. The van der Waals surface area contributed by atoms with E-state index in [-0.39, 0.29) is 0 Å². The van der Waals surface area contributed by atoms with E-state index in [1.807, 2.05) is 12.1 Å². The molecule has 1 aromatic carbocycles. The number of unbranched alkanes of at least 4 members (excludes halogenated alkanes) is 1. The Kier molecular flexibility index (Phi) is 4.69. The van der Waals surface area contributed by atoms with E-state index < -0.39 is 0 Å². The Balaban J connectivity index is 1.90. The molecule has 0 amide bonds. The van der Waals surface area contributed by atoms with Gasteiger partial charge in [-0.2, -0.15) is 0 Å². The highest BCUT2D eigenvalue weighted by Crippen LogP contribution is 2.30. The van der Waals surface area contributed by atoms with Crippen LogP contribution in [0.1, 0.15) is 31.2 Å². The minimum Gasteiger partial charge on any atom is -0.493 e. The quantitative estimate of drug-likeness (QED) is 0.756. The number of hydrogen-bond acceptors (Lipinski definition) is 2. The number of aryl methyl sites for hydroxylation is 1. The van der Waals surface area contributed by atoms with Crippen molar-refractivity contribution in [3.8, 4) is 5.75 Å². The number of benzene rings is 1. The van der Waals surface area contributed by atoms with Gasteiger partial charge in [-0.25, -0.2) is 0 Å². The largest absolute Gasteiger partial charge is 0.493 e. The molecule has 1 aliphatic rings. The second kappa shape index (κ2) is 6.27. The van der Waals surface area contributed by atoms with Gasteiger partial charge in [0, 0.05) is 5.02 Å². The predicted octanol–water partition coefficient (Wildman–Crippen LogP) is 3.41. The number of hydrogen-bond donors (Lipinski definition) is 1. The standard InChI is InChI=1S/C14H20ClNO/c15-13-7-12(3-1-2-6-16)8-14(9-13)17-10-11-4-5-11/h7-9,11H,1-6,10,16H2. The topological polar surface area (TPSA) is 35.2 Å². The van der Waals surface area contributed by atoms with E-state index in [2.05, 4.69) is 6.07 Å². The average molecular weight is 254 g/mol. The van der Waals surface area contributed by atoms with Gasteiger partial charge in [0.1, 0.15) is 5.75 Å². The second-order valence-corrected chi connectivity index (χ2v) is 5.23. The van der Waals surface area contributed by atoms with Crippen molar-refractivity contribution in [2.45, 2.75) is 32.1 Å². The van der Waals surface area contributed by atoms with E-state index in [0.717, 1.165) is 49.1 Å². The Bertz CT molecular complexity index is 363. The molecule has 1 saturated carbocycles. The Labute approximate surface area is 108 Å². The molecule has 0 bridgehead atoms. The van der Waals surface area contributed by atoms with Crippen LogP contribution in [0.3, 0.4) is 0 Å². The summed E-state index contributed by atoms with van der Waals surface area (Å²) in [6.45, 7) is 1.59. The van der Waals surface area contributed by atoms with E-state index >= 15 is 0 Å². The first kappa shape index (κ1) is 12.7. The lowest BCUT2D eigenvalue weighted by Gasteiger charge is -2.08. The average Bonchev–Trinajstić information content (AvgIpc) is 3.10. The Morgan fingerprint density at radius 3 is 2.76 bits per heavy atom. The molecule has 0 aromatic heterocycles. The monoisotopic (exact) mass is 253 g/mol. The van der Waals surface area contributed by atoms with Crippen LogP contribution in [0.4, 0.5) is 0 Å². The molecule has 0 spiro atoms. The molecular weight excluding hydrogens is 234 g/mol. The summed E-state index contributed by atoms with van der Waals surface area (Å²) in [7, 11) is 0. The first-order chi connectivity index (χ1) is 8.28. The maximum Gasteiger partial charge on any atom is 0.121 e. The minimum atomic E-state index is 0.756. The summed E-state index contributed by atoms with van der Waals surface area (Å²) in [5.41, 5.74) is 6.74. The molecule has 2 rings (SSSR count).